The number of aliphatic imine (C=N–C) groups is 1. The van der Waals surface area contributed by atoms with Crippen LogP contribution in [0.1, 0.15) is 39.3 Å². The van der Waals surface area contributed by atoms with E-state index in [2.05, 4.69) is 29.4 Å². The van der Waals surface area contributed by atoms with Crippen LogP contribution >= 0.6 is 35.6 Å². The van der Waals surface area contributed by atoms with Gasteiger partial charge in [0.1, 0.15) is 0 Å². The predicted molar refractivity (Wildman–Crippen MR) is 131 cm³/mol. The van der Waals surface area contributed by atoms with Crippen molar-refractivity contribution in [3.63, 3.8) is 0 Å². The highest BCUT2D eigenvalue weighted by Crippen LogP contribution is 2.27. The van der Waals surface area contributed by atoms with Gasteiger partial charge in [-0.05, 0) is 31.6 Å². The molecule has 0 fully saturated rings. The van der Waals surface area contributed by atoms with Gasteiger partial charge in [0.15, 0.2) is 15.8 Å². The fourth-order valence-corrected chi connectivity index (χ4v) is 3.77. The SMILES string of the molecule is CCNC(=NCC(c1ccccc1Cl)N(CC)CC)NCCS(=O)(=O)CC.I. The summed E-state index contributed by atoms with van der Waals surface area (Å²) in [6.45, 7) is 11.2. The number of halogens is 2. The van der Waals surface area contributed by atoms with E-state index < -0.39 is 9.84 Å². The summed E-state index contributed by atoms with van der Waals surface area (Å²) < 4.78 is 23.3. The van der Waals surface area contributed by atoms with E-state index >= 15 is 0 Å². The minimum absolute atomic E-state index is 0. The van der Waals surface area contributed by atoms with Crippen LogP contribution in [0.4, 0.5) is 0 Å². The van der Waals surface area contributed by atoms with Gasteiger partial charge >= 0.3 is 0 Å². The number of benzene rings is 1. The van der Waals surface area contributed by atoms with E-state index in [1.165, 1.54) is 0 Å². The summed E-state index contributed by atoms with van der Waals surface area (Å²) >= 11 is 6.43. The molecule has 0 aliphatic heterocycles. The summed E-state index contributed by atoms with van der Waals surface area (Å²) in [5.74, 6) is 0.865. The third kappa shape index (κ3) is 9.28. The van der Waals surface area contributed by atoms with Crippen LogP contribution in [0.5, 0.6) is 0 Å². The molecule has 1 rings (SSSR count). The maximum Gasteiger partial charge on any atom is 0.191 e. The highest BCUT2D eigenvalue weighted by atomic mass is 127. The molecule has 0 saturated heterocycles. The third-order valence-corrected chi connectivity index (χ3v) is 6.48. The van der Waals surface area contributed by atoms with Crippen molar-refractivity contribution in [3.05, 3.63) is 34.9 Å². The molecule has 1 atom stereocenters. The fourth-order valence-electron chi connectivity index (χ4n) is 2.81. The molecule has 28 heavy (non-hydrogen) atoms. The van der Waals surface area contributed by atoms with Crippen molar-refractivity contribution in [2.75, 3.05) is 44.2 Å². The number of nitrogens with zero attached hydrogens (tertiary/aromatic N) is 2. The molecule has 1 aromatic carbocycles. The van der Waals surface area contributed by atoms with Gasteiger partial charge in [0.25, 0.3) is 0 Å². The normalized spacial score (nSPS) is 13.1. The number of likely N-dealkylation sites (N-methyl/N-ethyl adjacent to an activating group) is 1. The molecule has 162 valence electrons. The molecule has 2 N–H and O–H groups in total. The topological polar surface area (TPSA) is 73.8 Å². The third-order valence-electron chi connectivity index (χ3n) is 4.43. The number of guanidine groups is 1. The molecular weight excluding hydrogens is 511 g/mol. The standard InChI is InChI=1S/C19H33ClN4O2S.HI/c1-5-21-19(22-13-14-27(25,26)8-4)23-15-18(24(6-2)7-3)16-11-9-10-12-17(16)20;/h9-12,18H,5-8,13-15H2,1-4H3,(H2,21,22,23);1H. The van der Waals surface area contributed by atoms with Crippen molar-refractivity contribution >= 4 is 51.4 Å². The average molecular weight is 545 g/mol. The first-order chi connectivity index (χ1) is 12.9. The molecule has 1 unspecified atom stereocenters. The summed E-state index contributed by atoms with van der Waals surface area (Å²) in [5.41, 5.74) is 1.05. The largest absolute Gasteiger partial charge is 0.357 e. The number of rotatable bonds is 11. The lowest BCUT2D eigenvalue weighted by Crippen LogP contribution is -2.40. The van der Waals surface area contributed by atoms with Gasteiger partial charge in [-0.2, -0.15) is 0 Å². The van der Waals surface area contributed by atoms with E-state index in [1.807, 2.05) is 31.2 Å². The van der Waals surface area contributed by atoms with Crippen LogP contribution in [-0.2, 0) is 9.84 Å². The van der Waals surface area contributed by atoms with Crippen molar-refractivity contribution in [2.24, 2.45) is 4.99 Å². The molecule has 9 heteroatoms. The van der Waals surface area contributed by atoms with Crippen LogP contribution in [0.3, 0.4) is 0 Å². The number of sulfone groups is 1. The first kappa shape index (κ1) is 27.4. The zero-order valence-electron chi connectivity index (χ0n) is 17.2. The van der Waals surface area contributed by atoms with Crippen molar-refractivity contribution < 1.29 is 8.42 Å². The first-order valence-corrected chi connectivity index (χ1v) is 11.8. The van der Waals surface area contributed by atoms with Gasteiger partial charge in [-0.1, -0.05) is 50.6 Å². The molecule has 0 spiro atoms. The molecular formula is C19H34ClIN4O2S. The second-order valence-electron chi connectivity index (χ2n) is 6.14. The lowest BCUT2D eigenvalue weighted by Gasteiger charge is -2.29. The summed E-state index contributed by atoms with van der Waals surface area (Å²) in [7, 11) is -3.00. The molecule has 6 nitrogen and oxygen atoms in total. The van der Waals surface area contributed by atoms with E-state index in [1.54, 1.807) is 6.92 Å². The average Bonchev–Trinajstić information content (AvgIpc) is 2.65. The Labute approximate surface area is 192 Å². The lowest BCUT2D eigenvalue weighted by atomic mass is 10.1. The van der Waals surface area contributed by atoms with Crippen molar-refractivity contribution in [1.29, 1.82) is 0 Å². The highest BCUT2D eigenvalue weighted by Gasteiger charge is 2.20. The lowest BCUT2D eigenvalue weighted by molar-refractivity contribution is 0.224. The Morgan fingerprint density at radius 3 is 2.32 bits per heavy atom. The van der Waals surface area contributed by atoms with Gasteiger partial charge < -0.3 is 10.6 Å². The summed E-state index contributed by atoms with van der Waals surface area (Å²) in [6, 6.07) is 7.91. The summed E-state index contributed by atoms with van der Waals surface area (Å²) in [6.07, 6.45) is 0. The van der Waals surface area contributed by atoms with Crippen molar-refractivity contribution in [3.8, 4) is 0 Å². The summed E-state index contributed by atoms with van der Waals surface area (Å²) in [4.78, 5) is 7.01. The smallest absolute Gasteiger partial charge is 0.191 e. The van der Waals surface area contributed by atoms with Gasteiger partial charge in [-0.15, -0.1) is 24.0 Å². The zero-order valence-corrected chi connectivity index (χ0v) is 21.1. The summed E-state index contributed by atoms with van der Waals surface area (Å²) in [5, 5.41) is 7.02. The second-order valence-corrected chi connectivity index (χ2v) is 9.02. The van der Waals surface area contributed by atoms with Crippen LogP contribution in [0.25, 0.3) is 0 Å². The quantitative estimate of drug-likeness (QED) is 0.254. The van der Waals surface area contributed by atoms with Gasteiger partial charge in [0.2, 0.25) is 0 Å². The van der Waals surface area contributed by atoms with Crippen molar-refractivity contribution in [1.82, 2.24) is 15.5 Å². The number of nitrogens with one attached hydrogen (secondary N) is 2. The Hall–Kier alpha value is -0.580. The van der Waals surface area contributed by atoms with E-state index in [4.69, 9.17) is 16.6 Å². The minimum Gasteiger partial charge on any atom is -0.357 e. The zero-order chi connectivity index (χ0) is 20.3. The first-order valence-electron chi connectivity index (χ1n) is 9.59. The van der Waals surface area contributed by atoms with Crippen molar-refractivity contribution in [2.45, 2.75) is 33.7 Å². The molecule has 0 bridgehead atoms. The predicted octanol–water partition coefficient (Wildman–Crippen LogP) is 3.33. The molecule has 0 radical (unpaired) electrons. The van der Waals surface area contributed by atoms with Crippen LogP contribution in [0.15, 0.2) is 29.3 Å². The molecule has 0 aliphatic carbocycles. The van der Waals surface area contributed by atoms with E-state index in [-0.39, 0.29) is 41.5 Å². The highest BCUT2D eigenvalue weighted by molar-refractivity contribution is 14.0. The van der Waals surface area contributed by atoms with Gasteiger partial charge in [0.05, 0.1) is 18.3 Å². The van der Waals surface area contributed by atoms with E-state index in [0.29, 0.717) is 25.6 Å². The second kappa shape index (κ2) is 14.4. The molecule has 0 saturated carbocycles. The number of hydrogen-bond donors (Lipinski definition) is 2. The Morgan fingerprint density at radius 2 is 1.79 bits per heavy atom. The van der Waals surface area contributed by atoms with Crippen LogP contribution in [-0.4, -0.2) is 63.5 Å². The molecule has 1 aromatic rings. The van der Waals surface area contributed by atoms with E-state index in [0.717, 1.165) is 23.7 Å². The Morgan fingerprint density at radius 1 is 1.14 bits per heavy atom. The fraction of sp³-hybridized carbons (Fsp3) is 0.632. The monoisotopic (exact) mass is 544 g/mol. The van der Waals surface area contributed by atoms with Crippen LogP contribution < -0.4 is 10.6 Å². The van der Waals surface area contributed by atoms with Gasteiger partial charge in [0, 0.05) is 23.9 Å². The molecule has 0 aliphatic rings. The molecule has 0 heterocycles. The van der Waals surface area contributed by atoms with Gasteiger partial charge in [-0.3, -0.25) is 9.89 Å². The number of hydrogen-bond acceptors (Lipinski definition) is 4. The maximum atomic E-state index is 11.7. The maximum absolute atomic E-state index is 11.7. The molecule has 0 amide bonds. The van der Waals surface area contributed by atoms with Gasteiger partial charge in [-0.25, -0.2) is 8.42 Å². The van der Waals surface area contributed by atoms with Crippen LogP contribution in [0, 0.1) is 0 Å². The van der Waals surface area contributed by atoms with Crippen LogP contribution in [0.2, 0.25) is 5.02 Å². The Bertz CT molecular complexity index is 697. The Kier molecular flexibility index (Phi) is 14.1. The molecule has 0 aromatic heterocycles. The Balaban J connectivity index is 0.00000729. The minimum atomic E-state index is -3.00. The van der Waals surface area contributed by atoms with E-state index in [9.17, 15) is 8.42 Å².